The Balaban J connectivity index is 1.85. The van der Waals surface area contributed by atoms with Crippen LogP contribution >= 0.6 is 0 Å². The smallest absolute Gasteiger partial charge is 0.263 e. The van der Waals surface area contributed by atoms with Gasteiger partial charge in [-0.2, -0.15) is 9.78 Å². The molecule has 0 atom stereocenters. The van der Waals surface area contributed by atoms with Gasteiger partial charge in [0.1, 0.15) is 16.8 Å². The van der Waals surface area contributed by atoms with Gasteiger partial charge in [0.15, 0.2) is 17.3 Å². The molecule has 0 fully saturated rings. The van der Waals surface area contributed by atoms with Crippen molar-refractivity contribution < 1.29 is 0 Å². The first-order valence-electron chi connectivity index (χ1n) is 8.72. The molecule has 0 bridgehead atoms. The molecule has 1 aromatic carbocycles. The number of H-pyrrole nitrogens is 1. The molecular weight excluding hydrogens is 352 g/mol. The largest absolute Gasteiger partial charge is 0.304 e. The van der Waals surface area contributed by atoms with E-state index in [9.17, 15) is 4.79 Å². The monoisotopic (exact) mass is 366 g/mol. The number of hydrogen-bond acceptors (Lipinski definition) is 5. The second-order valence-electron chi connectivity index (χ2n) is 6.14. The summed E-state index contributed by atoms with van der Waals surface area (Å²) < 4.78 is 1.60. The summed E-state index contributed by atoms with van der Waals surface area (Å²) in [6, 6.07) is 20.5. The third-order valence-electron chi connectivity index (χ3n) is 4.36. The standard InChI is InChI=1S/C21H14N6O/c28-21-17-18(14-8-2-1-3-9-14)26-27(16-11-5-7-13-23-16)20(17)24-19(25-21)15-10-4-6-12-22-15/h1-13H,(H,24,25,28). The zero-order chi connectivity index (χ0) is 18.9. The molecule has 0 aliphatic rings. The van der Waals surface area contributed by atoms with Gasteiger partial charge >= 0.3 is 0 Å². The molecule has 4 aromatic heterocycles. The Bertz CT molecular complexity index is 1310. The molecular formula is C21H14N6O. The number of aromatic nitrogens is 6. The average molecular weight is 366 g/mol. The van der Waals surface area contributed by atoms with Gasteiger partial charge in [-0.25, -0.2) is 9.97 Å². The molecule has 4 heterocycles. The Labute approximate surface area is 159 Å². The molecule has 5 rings (SSSR count). The van der Waals surface area contributed by atoms with Crippen LogP contribution in [0.5, 0.6) is 0 Å². The molecule has 0 unspecified atom stereocenters. The summed E-state index contributed by atoms with van der Waals surface area (Å²) in [5.41, 5.74) is 2.13. The average Bonchev–Trinajstić information content (AvgIpc) is 3.16. The third kappa shape index (κ3) is 2.66. The third-order valence-corrected chi connectivity index (χ3v) is 4.36. The number of nitrogens with one attached hydrogen (secondary N) is 1. The minimum Gasteiger partial charge on any atom is -0.304 e. The maximum atomic E-state index is 13.0. The normalized spacial score (nSPS) is 11.0. The van der Waals surface area contributed by atoms with Crippen molar-refractivity contribution in [2.45, 2.75) is 0 Å². The summed E-state index contributed by atoms with van der Waals surface area (Å²) in [5.74, 6) is 0.967. The molecule has 134 valence electrons. The lowest BCUT2D eigenvalue weighted by atomic mass is 10.1. The second-order valence-corrected chi connectivity index (χ2v) is 6.14. The first kappa shape index (κ1) is 16.1. The highest BCUT2D eigenvalue weighted by atomic mass is 16.1. The van der Waals surface area contributed by atoms with E-state index in [0.29, 0.717) is 34.1 Å². The minimum absolute atomic E-state index is 0.272. The van der Waals surface area contributed by atoms with E-state index < -0.39 is 0 Å². The second kappa shape index (κ2) is 6.55. The lowest BCUT2D eigenvalue weighted by Crippen LogP contribution is -2.11. The SMILES string of the molecule is O=c1[nH]c(-c2ccccn2)nc2c1c(-c1ccccc1)nn2-c1ccccn1. The Morgan fingerprint density at radius 2 is 1.57 bits per heavy atom. The summed E-state index contributed by atoms with van der Waals surface area (Å²) in [4.78, 5) is 29.2. The fourth-order valence-electron chi connectivity index (χ4n) is 3.09. The highest BCUT2D eigenvalue weighted by molar-refractivity contribution is 5.91. The van der Waals surface area contributed by atoms with Gasteiger partial charge in [0, 0.05) is 18.0 Å². The van der Waals surface area contributed by atoms with Gasteiger partial charge < -0.3 is 4.98 Å². The predicted octanol–water partition coefficient (Wildman–Crippen LogP) is 3.23. The van der Waals surface area contributed by atoms with Crippen molar-refractivity contribution in [3.8, 4) is 28.6 Å². The number of aromatic amines is 1. The van der Waals surface area contributed by atoms with Crippen LogP contribution < -0.4 is 5.56 Å². The molecule has 0 aliphatic heterocycles. The van der Waals surface area contributed by atoms with E-state index in [1.165, 1.54) is 0 Å². The quantitative estimate of drug-likeness (QED) is 0.529. The maximum absolute atomic E-state index is 13.0. The molecule has 7 nitrogen and oxygen atoms in total. The van der Waals surface area contributed by atoms with Crippen molar-refractivity contribution in [2.75, 3.05) is 0 Å². The molecule has 7 heteroatoms. The highest BCUT2D eigenvalue weighted by Gasteiger charge is 2.20. The van der Waals surface area contributed by atoms with E-state index in [4.69, 9.17) is 0 Å². The Kier molecular flexibility index (Phi) is 3.76. The first-order chi connectivity index (χ1) is 13.8. The lowest BCUT2D eigenvalue weighted by molar-refractivity contribution is 0.865. The fraction of sp³-hybridized carbons (Fsp3) is 0. The van der Waals surface area contributed by atoms with Gasteiger partial charge in [-0.15, -0.1) is 0 Å². The molecule has 5 aromatic rings. The van der Waals surface area contributed by atoms with Gasteiger partial charge in [-0.05, 0) is 24.3 Å². The van der Waals surface area contributed by atoms with Crippen molar-refractivity contribution in [3.05, 3.63) is 89.5 Å². The lowest BCUT2D eigenvalue weighted by Gasteiger charge is -2.03. The van der Waals surface area contributed by atoms with Gasteiger partial charge in [-0.3, -0.25) is 9.78 Å². The zero-order valence-electron chi connectivity index (χ0n) is 14.6. The Morgan fingerprint density at radius 1 is 0.821 bits per heavy atom. The van der Waals surface area contributed by atoms with Crippen molar-refractivity contribution in [3.63, 3.8) is 0 Å². The number of hydrogen-bond donors (Lipinski definition) is 1. The number of fused-ring (bicyclic) bond motifs is 1. The van der Waals surface area contributed by atoms with Crippen LogP contribution in [0.25, 0.3) is 39.6 Å². The molecule has 0 amide bonds. The number of nitrogens with zero attached hydrogens (tertiary/aromatic N) is 5. The van der Waals surface area contributed by atoms with Crippen LogP contribution in [0.15, 0.2) is 83.9 Å². The summed E-state index contributed by atoms with van der Waals surface area (Å²) in [5, 5.41) is 5.09. The summed E-state index contributed by atoms with van der Waals surface area (Å²) in [6.07, 6.45) is 3.34. The Hall–Kier alpha value is -4.13. The minimum atomic E-state index is -0.272. The number of rotatable bonds is 3. The van der Waals surface area contributed by atoms with Crippen LogP contribution in [-0.2, 0) is 0 Å². The van der Waals surface area contributed by atoms with Crippen LogP contribution in [0.3, 0.4) is 0 Å². The number of pyridine rings is 2. The molecule has 0 saturated heterocycles. The summed E-state index contributed by atoms with van der Waals surface area (Å²) in [7, 11) is 0. The van der Waals surface area contributed by atoms with Crippen LogP contribution in [-0.4, -0.2) is 29.7 Å². The van der Waals surface area contributed by atoms with E-state index in [1.807, 2.05) is 60.7 Å². The van der Waals surface area contributed by atoms with Crippen molar-refractivity contribution in [1.82, 2.24) is 29.7 Å². The topological polar surface area (TPSA) is 89.4 Å². The van der Waals surface area contributed by atoms with Crippen molar-refractivity contribution >= 4 is 11.0 Å². The molecule has 28 heavy (non-hydrogen) atoms. The number of benzene rings is 1. The van der Waals surface area contributed by atoms with Gasteiger partial charge in [0.05, 0.1) is 0 Å². The molecule has 0 spiro atoms. The van der Waals surface area contributed by atoms with E-state index in [0.717, 1.165) is 5.56 Å². The van der Waals surface area contributed by atoms with Crippen molar-refractivity contribution in [1.29, 1.82) is 0 Å². The summed E-state index contributed by atoms with van der Waals surface area (Å²) >= 11 is 0. The molecule has 0 radical (unpaired) electrons. The van der Waals surface area contributed by atoms with Crippen LogP contribution in [0, 0.1) is 0 Å². The zero-order valence-corrected chi connectivity index (χ0v) is 14.6. The first-order valence-corrected chi connectivity index (χ1v) is 8.72. The van der Waals surface area contributed by atoms with Gasteiger partial charge in [0.25, 0.3) is 5.56 Å². The molecule has 0 aliphatic carbocycles. The fourth-order valence-corrected chi connectivity index (χ4v) is 3.09. The maximum Gasteiger partial charge on any atom is 0.263 e. The molecule has 1 N–H and O–H groups in total. The van der Waals surface area contributed by atoms with Gasteiger partial charge in [0.2, 0.25) is 0 Å². The van der Waals surface area contributed by atoms with E-state index in [2.05, 4.69) is 25.0 Å². The predicted molar refractivity (Wildman–Crippen MR) is 106 cm³/mol. The van der Waals surface area contributed by atoms with E-state index >= 15 is 0 Å². The Morgan fingerprint density at radius 3 is 2.29 bits per heavy atom. The van der Waals surface area contributed by atoms with Crippen LogP contribution in [0.4, 0.5) is 0 Å². The van der Waals surface area contributed by atoms with E-state index in [-0.39, 0.29) is 5.56 Å². The highest BCUT2D eigenvalue weighted by Crippen LogP contribution is 2.26. The van der Waals surface area contributed by atoms with Crippen molar-refractivity contribution in [2.24, 2.45) is 0 Å². The summed E-state index contributed by atoms with van der Waals surface area (Å²) in [6.45, 7) is 0. The van der Waals surface area contributed by atoms with E-state index in [1.54, 1.807) is 23.1 Å². The van der Waals surface area contributed by atoms with Gasteiger partial charge in [-0.1, -0.05) is 42.5 Å². The molecule has 0 saturated carbocycles. The van der Waals surface area contributed by atoms with Crippen LogP contribution in [0.2, 0.25) is 0 Å². The van der Waals surface area contributed by atoms with Crippen LogP contribution in [0.1, 0.15) is 0 Å².